The zero-order valence-electron chi connectivity index (χ0n) is 14.3. The molecule has 0 saturated heterocycles. The number of nitrogens with zero attached hydrogens (tertiary/aromatic N) is 2. The zero-order chi connectivity index (χ0) is 21.0. The molecule has 6 nitrogen and oxygen atoms in total. The van der Waals surface area contributed by atoms with E-state index in [0.717, 1.165) is 17.6 Å². The Hall–Kier alpha value is -2.75. The fraction of sp³-hybridized carbons (Fsp3) is 0.0556. The minimum absolute atomic E-state index is 0.298. The van der Waals surface area contributed by atoms with Crippen LogP contribution in [0.5, 0.6) is 11.5 Å². The van der Waals surface area contributed by atoms with Gasteiger partial charge in [0.15, 0.2) is 11.5 Å². The van der Waals surface area contributed by atoms with Crippen LogP contribution in [0, 0.1) is 0 Å². The summed E-state index contributed by atoms with van der Waals surface area (Å²) in [5, 5.41) is 14.3. The molecule has 1 heterocycles. The van der Waals surface area contributed by atoms with E-state index in [9.17, 15) is 18.7 Å². The largest absolute Gasteiger partial charge is 0.504 e. The van der Waals surface area contributed by atoms with Gasteiger partial charge < -0.3 is 9.84 Å². The third kappa shape index (κ3) is 5.41. The average Bonchev–Trinajstić information content (AvgIpc) is 3.13. The number of aromatic hydroxyl groups is 1. The number of benzene rings is 2. The molecule has 3 rings (SSSR count). The van der Waals surface area contributed by atoms with E-state index < -0.39 is 18.3 Å². The van der Waals surface area contributed by atoms with Crippen LogP contribution in [0.15, 0.2) is 47.6 Å². The van der Waals surface area contributed by atoms with E-state index in [4.69, 9.17) is 23.2 Å². The van der Waals surface area contributed by atoms with Gasteiger partial charge in [-0.3, -0.25) is 4.79 Å². The first-order chi connectivity index (χ1) is 13.8. The molecule has 0 bridgehead atoms. The lowest BCUT2D eigenvalue weighted by Gasteiger charge is -2.06. The number of hydrogen-bond acceptors (Lipinski definition) is 6. The van der Waals surface area contributed by atoms with Crippen molar-refractivity contribution in [3.05, 3.63) is 63.0 Å². The molecule has 29 heavy (non-hydrogen) atoms. The number of halogens is 4. The summed E-state index contributed by atoms with van der Waals surface area (Å²) in [6.07, 6.45) is 1.24. The van der Waals surface area contributed by atoms with Crippen molar-refractivity contribution in [3.8, 4) is 22.8 Å². The zero-order valence-corrected chi connectivity index (χ0v) is 16.6. The summed E-state index contributed by atoms with van der Waals surface area (Å²) in [6, 6.07) is 10.2. The van der Waals surface area contributed by atoms with Gasteiger partial charge in [0.05, 0.1) is 16.9 Å². The van der Waals surface area contributed by atoms with Crippen molar-refractivity contribution in [1.29, 1.82) is 0 Å². The highest BCUT2D eigenvalue weighted by molar-refractivity contribution is 7.08. The lowest BCUT2D eigenvalue weighted by molar-refractivity contribution is -0.0512. The van der Waals surface area contributed by atoms with E-state index >= 15 is 0 Å². The maximum atomic E-state index is 12.2. The number of hydrogen-bond donors (Lipinski definition) is 2. The van der Waals surface area contributed by atoms with Gasteiger partial charge in [0, 0.05) is 10.6 Å². The molecule has 0 radical (unpaired) electrons. The molecule has 1 amide bonds. The van der Waals surface area contributed by atoms with Crippen molar-refractivity contribution in [1.82, 2.24) is 9.80 Å². The molecule has 150 valence electrons. The second-order valence-electron chi connectivity index (χ2n) is 5.51. The number of phenols is 1. The maximum absolute atomic E-state index is 12.2. The molecule has 0 spiro atoms. The summed E-state index contributed by atoms with van der Waals surface area (Å²) in [7, 11) is 0. The topological polar surface area (TPSA) is 83.8 Å². The number of aromatic nitrogens is 1. The van der Waals surface area contributed by atoms with Crippen LogP contribution in [-0.2, 0) is 0 Å². The van der Waals surface area contributed by atoms with Gasteiger partial charge in [-0.1, -0.05) is 23.2 Å². The Morgan fingerprint density at radius 2 is 2.03 bits per heavy atom. The summed E-state index contributed by atoms with van der Waals surface area (Å²) in [5.41, 5.74) is 3.83. The van der Waals surface area contributed by atoms with Crippen LogP contribution in [0.1, 0.15) is 15.2 Å². The molecule has 1 aromatic heterocycles. The molecule has 0 aliphatic carbocycles. The number of carbonyl (C=O) groups excluding carboxylic acids is 1. The van der Waals surface area contributed by atoms with Gasteiger partial charge in [-0.2, -0.15) is 18.3 Å². The van der Waals surface area contributed by atoms with Crippen LogP contribution in [-0.4, -0.2) is 28.2 Å². The number of ether oxygens (including phenoxy) is 1. The van der Waals surface area contributed by atoms with E-state index in [2.05, 4.69) is 19.6 Å². The molecule has 0 aliphatic heterocycles. The van der Waals surface area contributed by atoms with E-state index in [1.165, 1.54) is 18.3 Å². The van der Waals surface area contributed by atoms with Crippen molar-refractivity contribution in [2.24, 2.45) is 5.10 Å². The van der Waals surface area contributed by atoms with Crippen LogP contribution < -0.4 is 10.2 Å². The maximum Gasteiger partial charge on any atom is 0.387 e. The third-order valence-electron chi connectivity index (χ3n) is 3.52. The molecule has 2 N–H and O–H groups in total. The Morgan fingerprint density at radius 3 is 2.72 bits per heavy atom. The number of amides is 1. The van der Waals surface area contributed by atoms with Gasteiger partial charge in [0.2, 0.25) is 0 Å². The van der Waals surface area contributed by atoms with Gasteiger partial charge in [-0.25, -0.2) is 5.43 Å². The first kappa shape index (κ1) is 21.0. The van der Waals surface area contributed by atoms with Gasteiger partial charge in [-0.05, 0) is 59.6 Å². The smallest absolute Gasteiger partial charge is 0.387 e. The van der Waals surface area contributed by atoms with Gasteiger partial charge in [0.1, 0.15) is 4.88 Å². The van der Waals surface area contributed by atoms with E-state index in [-0.39, 0.29) is 5.75 Å². The van der Waals surface area contributed by atoms with Crippen LogP contribution in [0.4, 0.5) is 8.78 Å². The Labute approximate surface area is 177 Å². The molecular formula is C18H11Cl2F2N3O3S. The number of phenolic OH excluding ortho intramolecular Hbond substituents is 1. The Bertz CT molecular complexity index is 1080. The predicted molar refractivity (Wildman–Crippen MR) is 107 cm³/mol. The molecular weight excluding hydrogens is 447 g/mol. The highest BCUT2D eigenvalue weighted by atomic mass is 35.5. The summed E-state index contributed by atoms with van der Waals surface area (Å²) < 4.78 is 32.7. The normalized spacial score (nSPS) is 11.2. The molecule has 3 aromatic rings. The molecule has 0 atom stereocenters. The van der Waals surface area contributed by atoms with E-state index in [0.29, 0.717) is 31.7 Å². The average molecular weight is 458 g/mol. The minimum Gasteiger partial charge on any atom is -0.504 e. The highest BCUT2D eigenvalue weighted by Gasteiger charge is 2.14. The van der Waals surface area contributed by atoms with Gasteiger partial charge in [-0.15, -0.1) is 0 Å². The summed E-state index contributed by atoms with van der Waals surface area (Å²) >= 11 is 13.0. The van der Waals surface area contributed by atoms with Crippen molar-refractivity contribution in [2.45, 2.75) is 6.61 Å². The molecule has 0 fully saturated rings. The second-order valence-corrected chi connectivity index (χ2v) is 7.15. The summed E-state index contributed by atoms with van der Waals surface area (Å²) in [6.45, 7) is -3.05. The summed E-state index contributed by atoms with van der Waals surface area (Å²) in [5.74, 6) is -1.34. The molecule has 2 aromatic carbocycles. The standard InChI is InChI=1S/C18H11Cl2F2N3O3S/c19-10-2-3-11(12(20)6-10)13-7-16(29-25-13)17(27)24-23-8-9-1-4-15(14(26)5-9)28-18(21)22/h1-8,18,26H,(H,24,27)/b23-8+. The number of rotatable bonds is 6. The number of alkyl halides is 2. The lowest BCUT2D eigenvalue weighted by atomic mass is 10.1. The van der Waals surface area contributed by atoms with Gasteiger partial charge >= 0.3 is 6.61 Å². The van der Waals surface area contributed by atoms with Crippen molar-refractivity contribution < 1.29 is 23.4 Å². The van der Waals surface area contributed by atoms with Crippen molar-refractivity contribution >= 4 is 46.9 Å². The number of nitrogens with one attached hydrogen (secondary N) is 1. The van der Waals surface area contributed by atoms with Crippen LogP contribution in [0.2, 0.25) is 10.0 Å². The Kier molecular flexibility index (Phi) is 6.63. The predicted octanol–water partition coefficient (Wildman–Crippen LogP) is 5.19. The van der Waals surface area contributed by atoms with Crippen LogP contribution >= 0.6 is 34.7 Å². The Balaban J connectivity index is 1.65. The first-order valence-corrected chi connectivity index (χ1v) is 9.40. The number of carbonyl (C=O) groups is 1. The van der Waals surface area contributed by atoms with Gasteiger partial charge in [0.25, 0.3) is 5.91 Å². The fourth-order valence-corrected chi connectivity index (χ4v) is 3.38. The van der Waals surface area contributed by atoms with Crippen LogP contribution in [0.3, 0.4) is 0 Å². The SMILES string of the molecule is O=C(N/N=C/c1ccc(OC(F)F)c(O)c1)c1cc(-c2ccc(Cl)cc2Cl)ns1. The first-order valence-electron chi connectivity index (χ1n) is 7.87. The minimum atomic E-state index is -3.05. The summed E-state index contributed by atoms with van der Waals surface area (Å²) in [4.78, 5) is 12.5. The second kappa shape index (κ2) is 9.17. The van der Waals surface area contributed by atoms with Crippen LogP contribution in [0.25, 0.3) is 11.3 Å². The molecule has 11 heteroatoms. The highest BCUT2D eigenvalue weighted by Crippen LogP contribution is 2.31. The number of hydrazone groups is 1. The van der Waals surface area contributed by atoms with Crippen molar-refractivity contribution in [2.75, 3.05) is 0 Å². The quantitative estimate of drug-likeness (QED) is 0.394. The fourth-order valence-electron chi connectivity index (χ4n) is 2.24. The molecule has 0 unspecified atom stereocenters. The molecule has 0 aliphatic rings. The van der Waals surface area contributed by atoms with Crippen molar-refractivity contribution in [3.63, 3.8) is 0 Å². The third-order valence-corrected chi connectivity index (χ3v) is 4.86. The molecule has 0 saturated carbocycles. The lowest BCUT2D eigenvalue weighted by Crippen LogP contribution is -2.16. The van der Waals surface area contributed by atoms with E-state index in [1.54, 1.807) is 24.3 Å². The Morgan fingerprint density at radius 1 is 1.24 bits per heavy atom. The monoisotopic (exact) mass is 457 g/mol. The van der Waals surface area contributed by atoms with E-state index in [1.807, 2.05) is 0 Å².